The lowest BCUT2D eigenvalue weighted by Gasteiger charge is -2.09. The minimum absolute atomic E-state index is 0.406. The molecule has 1 saturated carbocycles. The molecular formula is C15H15ClN6OS. The monoisotopic (exact) mass is 362 g/mol. The Morgan fingerprint density at radius 3 is 2.92 bits per heavy atom. The summed E-state index contributed by atoms with van der Waals surface area (Å²) >= 11 is 7.67. The molecule has 0 spiro atoms. The van der Waals surface area contributed by atoms with Crippen LogP contribution in [0.2, 0.25) is 5.02 Å². The van der Waals surface area contributed by atoms with Crippen LogP contribution in [-0.4, -0.2) is 30.3 Å². The first-order valence-electron chi connectivity index (χ1n) is 7.79. The molecule has 0 radical (unpaired) electrons. The number of rotatable bonds is 5. The molecule has 7 nitrogen and oxygen atoms in total. The van der Waals surface area contributed by atoms with Gasteiger partial charge >= 0.3 is 0 Å². The minimum Gasteiger partial charge on any atom is -0.338 e. The lowest BCUT2D eigenvalue weighted by atomic mass is 10.2. The Kier molecular flexibility index (Phi) is 4.48. The molecule has 0 amide bonds. The number of nitrogens with zero attached hydrogens (tertiary/aromatic N) is 6. The highest BCUT2D eigenvalue weighted by atomic mass is 35.5. The molecule has 0 bridgehead atoms. The Labute approximate surface area is 147 Å². The molecule has 2 heterocycles. The van der Waals surface area contributed by atoms with Crippen molar-refractivity contribution in [2.45, 2.75) is 42.6 Å². The van der Waals surface area contributed by atoms with Crippen molar-refractivity contribution in [2.24, 2.45) is 0 Å². The number of benzene rings is 1. The molecule has 0 unspecified atom stereocenters. The normalized spacial score (nSPS) is 15.2. The highest BCUT2D eigenvalue weighted by Crippen LogP contribution is 2.32. The van der Waals surface area contributed by atoms with E-state index in [1.54, 1.807) is 6.07 Å². The van der Waals surface area contributed by atoms with Crippen LogP contribution in [0.1, 0.15) is 37.6 Å². The molecule has 24 heavy (non-hydrogen) atoms. The topological polar surface area (TPSA) is 82.5 Å². The molecule has 0 aliphatic heterocycles. The average Bonchev–Trinajstić information content (AvgIpc) is 3.34. The smallest absolute Gasteiger partial charge is 0.237 e. The third-order valence-electron chi connectivity index (χ3n) is 4.04. The summed E-state index contributed by atoms with van der Waals surface area (Å²) < 4.78 is 7.24. The summed E-state index contributed by atoms with van der Waals surface area (Å²) in [5.41, 5.74) is 0.759. The van der Waals surface area contributed by atoms with E-state index < -0.39 is 0 Å². The highest BCUT2D eigenvalue weighted by Gasteiger charge is 2.22. The Morgan fingerprint density at radius 1 is 1.25 bits per heavy atom. The Hall–Kier alpha value is -1.93. The summed E-state index contributed by atoms with van der Waals surface area (Å²) in [7, 11) is 0. The third-order valence-corrected chi connectivity index (χ3v) is 5.29. The van der Waals surface area contributed by atoms with Crippen LogP contribution in [0.5, 0.6) is 0 Å². The van der Waals surface area contributed by atoms with E-state index in [-0.39, 0.29) is 0 Å². The van der Waals surface area contributed by atoms with Crippen LogP contribution in [0, 0.1) is 0 Å². The van der Waals surface area contributed by atoms with Crippen molar-refractivity contribution >= 4 is 23.4 Å². The molecule has 1 aliphatic carbocycles. The van der Waals surface area contributed by atoms with Crippen molar-refractivity contribution in [1.29, 1.82) is 0 Å². The first kappa shape index (κ1) is 15.6. The van der Waals surface area contributed by atoms with E-state index in [1.165, 1.54) is 24.6 Å². The van der Waals surface area contributed by atoms with E-state index in [4.69, 9.17) is 16.1 Å². The van der Waals surface area contributed by atoms with Gasteiger partial charge in [0.1, 0.15) is 0 Å². The lowest BCUT2D eigenvalue weighted by molar-refractivity contribution is 0.391. The summed E-state index contributed by atoms with van der Waals surface area (Å²) in [6, 6.07) is 7.83. The van der Waals surface area contributed by atoms with E-state index in [1.807, 2.05) is 22.9 Å². The standard InChI is InChI=1S/C15H15ClN6OS/c16-12-8-4-3-7-11(12)14-17-13(23-19-14)9-24-15-18-20-21-22(15)10-5-1-2-6-10/h3-4,7-8,10H,1-2,5-6,9H2. The van der Waals surface area contributed by atoms with Crippen LogP contribution in [0.25, 0.3) is 11.4 Å². The van der Waals surface area contributed by atoms with Gasteiger partial charge in [0.15, 0.2) is 0 Å². The summed E-state index contributed by atoms with van der Waals surface area (Å²) in [5, 5.41) is 17.4. The number of hydrogen-bond donors (Lipinski definition) is 0. The van der Waals surface area contributed by atoms with Crippen LogP contribution in [0.4, 0.5) is 0 Å². The largest absolute Gasteiger partial charge is 0.338 e. The van der Waals surface area contributed by atoms with Crippen molar-refractivity contribution in [3.63, 3.8) is 0 Å². The fourth-order valence-corrected chi connectivity index (χ4v) is 3.85. The van der Waals surface area contributed by atoms with Crippen molar-refractivity contribution in [3.8, 4) is 11.4 Å². The SMILES string of the molecule is Clc1ccccc1-c1noc(CSc2nnnn2C2CCCC2)n1. The molecule has 0 N–H and O–H groups in total. The maximum Gasteiger partial charge on any atom is 0.237 e. The fraction of sp³-hybridized carbons (Fsp3) is 0.400. The zero-order valence-corrected chi connectivity index (χ0v) is 14.4. The van der Waals surface area contributed by atoms with Crippen LogP contribution >= 0.6 is 23.4 Å². The van der Waals surface area contributed by atoms with Gasteiger partial charge in [0.2, 0.25) is 16.9 Å². The number of aromatic nitrogens is 6. The van der Waals surface area contributed by atoms with Gasteiger partial charge in [-0.15, -0.1) is 5.10 Å². The van der Waals surface area contributed by atoms with E-state index in [0.29, 0.717) is 28.5 Å². The van der Waals surface area contributed by atoms with Crippen LogP contribution in [0.15, 0.2) is 33.9 Å². The van der Waals surface area contributed by atoms with Crippen LogP contribution in [0.3, 0.4) is 0 Å². The predicted molar refractivity (Wildman–Crippen MR) is 89.6 cm³/mol. The van der Waals surface area contributed by atoms with Crippen LogP contribution < -0.4 is 0 Å². The first-order chi connectivity index (χ1) is 11.8. The maximum atomic E-state index is 6.16. The van der Waals surface area contributed by atoms with E-state index in [2.05, 4.69) is 25.7 Å². The quantitative estimate of drug-likeness (QED) is 0.638. The predicted octanol–water partition coefficient (Wildman–Crippen LogP) is 3.78. The zero-order chi connectivity index (χ0) is 16.4. The third kappa shape index (κ3) is 3.16. The summed E-state index contributed by atoms with van der Waals surface area (Å²) in [6.45, 7) is 0. The zero-order valence-electron chi connectivity index (χ0n) is 12.8. The summed E-state index contributed by atoms with van der Waals surface area (Å²) in [4.78, 5) is 4.41. The van der Waals surface area contributed by atoms with Gasteiger partial charge in [0, 0.05) is 5.56 Å². The second-order valence-corrected chi connectivity index (χ2v) is 6.97. The average molecular weight is 363 g/mol. The Balaban J connectivity index is 1.46. The molecule has 0 saturated heterocycles. The molecule has 4 rings (SSSR count). The molecule has 1 fully saturated rings. The van der Waals surface area contributed by atoms with Gasteiger partial charge in [-0.05, 0) is 35.4 Å². The lowest BCUT2D eigenvalue weighted by Crippen LogP contribution is -2.08. The second kappa shape index (κ2) is 6.90. The Morgan fingerprint density at radius 2 is 2.08 bits per heavy atom. The van der Waals surface area contributed by atoms with Gasteiger partial charge < -0.3 is 4.52 Å². The molecule has 124 valence electrons. The molecule has 9 heteroatoms. The first-order valence-corrected chi connectivity index (χ1v) is 9.16. The Bertz CT molecular complexity index is 829. The van der Waals surface area contributed by atoms with Gasteiger partial charge in [0.25, 0.3) is 0 Å². The van der Waals surface area contributed by atoms with Crippen molar-refractivity contribution in [3.05, 3.63) is 35.2 Å². The second-order valence-electron chi connectivity index (χ2n) is 5.62. The molecule has 1 aromatic carbocycles. The van der Waals surface area contributed by atoms with E-state index >= 15 is 0 Å². The summed E-state index contributed by atoms with van der Waals surface area (Å²) in [5.74, 6) is 1.53. The molecule has 2 aromatic heterocycles. The number of hydrogen-bond acceptors (Lipinski definition) is 7. The maximum absolute atomic E-state index is 6.16. The summed E-state index contributed by atoms with van der Waals surface area (Å²) in [6.07, 6.45) is 4.74. The van der Waals surface area contributed by atoms with Crippen LogP contribution in [-0.2, 0) is 5.75 Å². The van der Waals surface area contributed by atoms with Crippen molar-refractivity contribution < 1.29 is 4.52 Å². The molecule has 0 atom stereocenters. The fourth-order valence-electron chi connectivity index (χ4n) is 2.85. The van der Waals surface area contributed by atoms with Gasteiger partial charge in [-0.1, -0.05) is 53.5 Å². The van der Waals surface area contributed by atoms with E-state index in [0.717, 1.165) is 23.6 Å². The van der Waals surface area contributed by atoms with Gasteiger partial charge in [-0.2, -0.15) is 4.98 Å². The van der Waals surface area contributed by atoms with Gasteiger partial charge in [-0.3, -0.25) is 0 Å². The molecule has 1 aliphatic rings. The molecule has 3 aromatic rings. The van der Waals surface area contributed by atoms with Crippen molar-refractivity contribution in [2.75, 3.05) is 0 Å². The minimum atomic E-state index is 0.406. The number of halogens is 1. The van der Waals surface area contributed by atoms with Crippen molar-refractivity contribution in [1.82, 2.24) is 30.3 Å². The van der Waals surface area contributed by atoms with Gasteiger partial charge in [-0.25, -0.2) is 4.68 Å². The number of thioether (sulfide) groups is 1. The van der Waals surface area contributed by atoms with Gasteiger partial charge in [0.05, 0.1) is 16.8 Å². The number of tetrazole rings is 1. The highest BCUT2D eigenvalue weighted by molar-refractivity contribution is 7.98. The molecular weight excluding hydrogens is 348 g/mol. The van der Waals surface area contributed by atoms with E-state index in [9.17, 15) is 0 Å².